The van der Waals surface area contributed by atoms with Crippen LogP contribution in [0.1, 0.15) is 41.5 Å². The molecule has 0 fully saturated rings. The lowest BCUT2D eigenvalue weighted by Gasteiger charge is -2.28. The number of hydrogen-bond acceptors (Lipinski definition) is 3. The van der Waals surface area contributed by atoms with Crippen molar-refractivity contribution < 1.29 is 18.3 Å². The van der Waals surface area contributed by atoms with Crippen LogP contribution in [-0.4, -0.2) is 30.9 Å². The van der Waals surface area contributed by atoms with E-state index >= 15 is 0 Å². The van der Waals surface area contributed by atoms with Crippen LogP contribution in [-0.2, 0) is 40.5 Å². The first-order valence-corrected chi connectivity index (χ1v) is 13.0. The van der Waals surface area contributed by atoms with Crippen molar-refractivity contribution in [3.05, 3.63) is 63.7 Å². The van der Waals surface area contributed by atoms with Gasteiger partial charge in [0.15, 0.2) is 0 Å². The maximum Gasteiger partial charge on any atom is 0.303 e. The Hall–Kier alpha value is -1.41. The molecule has 30 heavy (non-hydrogen) atoms. The number of carboxylic acid groups (broad SMARTS) is 1. The monoisotopic (exact) mass is 513 g/mol. The van der Waals surface area contributed by atoms with Crippen molar-refractivity contribution in [2.24, 2.45) is 0 Å². The van der Waals surface area contributed by atoms with Gasteiger partial charge in [-0.2, -0.15) is 0 Å². The van der Waals surface area contributed by atoms with Gasteiger partial charge < -0.3 is 5.11 Å². The van der Waals surface area contributed by atoms with Gasteiger partial charge in [0, 0.05) is 22.8 Å². The topological polar surface area (TPSA) is 83.5 Å². The molecule has 1 atom stereocenters. The van der Waals surface area contributed by atoms with Crippen molar-refractivity contribution >= 4 is 43.5 Å². The number of aliphatic carboxylic acids is 1. The minimum absolute atomic E-state index is 0.0982. The molecule has 0 bridgehead atoms. The molecule has 8 heteroatoms. The molecule has 2 aromatic carbocycles. The van der Waals surface area contributed by atoms with Crippen molar-refractivity contribution in [3.63, 3.8) is 0 Å². The number of aryl methyl sites for hydroxylation is 2. The highest BCUT2D eigenvalue weighted by Crippen LogP contribution is 2.29. The van der Waals surface area contributed by atoms with Crippen LogP contribution in [0.2, 0.25) is 5.02 Å². The summed E-state index contributed by atoms with van der Waals surface area (Å²) in [7, 11) is -3.63. The number of carboxylic acids is 1. The van der Waals surface area contributed by atoms with E-state index in [9.17, 15) is 13.2 Å². The van der Waals surface area contributed by atoms with E-state index in [1.54, 1.807) is 12.1 Å². The Morgan fingerprint density at radius 3 is 2.60 bits per heavy atom. The van der Waals surface area contributed by atoms with Crippen LogP contribution < -0.4 is 4.72 Å². The molecule has 0 radical (unpaired) electrons. The first kappa shape index (κ1) is 23.3. The Balaban J connectivity index is 1.81. The summed E-state index contributed by atoms with van der Waals surface area (Å²) in [5.41, 5.74) is 4.56. The second-order valence-corrected chi connectivity index (χ2v) is 10.5. The molecule has 0 aliphatic heterocycles. The highest BCUT2D eigenvalue weighted by molar-refractivity contribution is 9.09. The number of hydrogen-bond donors (Lipinski definition) is 2. The van der Waals surface area contributed by atoms with Crippen molar-refractivity contribution in [3.8, 4) is 0 Å². The van der Waals surface area contributed by atoms with E-state index in [1.807, 2.05) is 0 Å². The predicted molar refractivity (Wildman–Crippen MR) is 122 cm³/mol. The summed E-state index contributed by atoms with van der Waals surface area (Å²) in [4.78, 5) is 11.3. The fraction of sp³-hybridized carbons (Fsp3) is 0.409. The van der Waals surface area contributed by atoms with E-state index in [1.165, 1.54) is 23.3 Å². The number of fused-ring (bicyclic) bond motifs is 1. The molecule has 5 nitrogen and oxygen atoms in total. The molecule has 0 spiro atoms. The van der Waals surface area contributed by atoms with E-state index < -0.39 is 16.0 Å². The predicted octanol–water partition coefficient (Wildman–Crippen LogP) is 4.52. The maximum atomic E-state index is 12.8. The van der Waals surface area contributed by atoms with Gasteiger partial charge in [-0.05, 0) is 85.0 Å². The first-order valence-electron chi connectivity index (χ1n) is 9.97. The Kier molecular flexibility index (Phi) is 7.96. The van der Waals surface area contributed by atoms with E-state index in [4.69, 9.17) is 16.7 Å². The molecule has 0 amide bonds. The molecule has 0 saturated heterocycles. The van der Waals surface area contributed by atoms with Gasteiger partial charge in [0.1, 0.15) is 0 Å². The van der Waals surface area contributed by atoms with Gasteiger partial charge in [0.05, 0.1) is 4.90 Å². The summed E-state index contributed by atoms with van der Waals surface area (Å²) < 4.78 is 28.3. The second kappa shape index (κ2) is 10.3. The molecule has 1 aliphatic rings. The van der Waals surface area contributed by atoms with Gasteiger partial charge in [0.2, 0.25) is 10.0 Å². The number of benzene rings is 2. The van der Waals surface area contributed by atoms with Crippen LogP contribution in [0, 0.1) is 0 Å². The molecule has 162 valence electrons. The summed E-state index contributed by atoms with van der Waals surface area (Å²) in [5.74, 6) is -0.806. The van der Waals surface area contributed by atoms with Crippen LogP contribution in [0.3, 0.4) is 0 Å². The molecule has 3 rings (SSSR count). The highest BCUT2D eigenvalue weighted by atomic mass is 79.9. The van der Waals surface area contributed by atoms with Crippen molar-refractivity contribution in [1.82, 2.24) is 4.72 Å². The zero-order valence-corrected chi connectivity index (χ0v) is 19.7. The maximum absolute atomic E-state index is 12.8. The normalized spacial score (nSPS) is 16.3. The van der Waals surface area contributed by atoms with E-state index in [0.717, 1.165) is 35.7 Å². The molecule has 1 aliphatic carbocycles. The Morgan fingerprint density at radius 2 is 1.93 bits per heavy atom. The summed E-state index contributed by atoms with van der Waals surface area (Å²) in [6, 6.07) is 10.2. The third-order valence-electron chi connectivity index (χ3n) is 5.36. The fourth-order valence-corrected chi connectivity index (χ4v) is 5.62. The number of alkyl halides is 1. The van der Waals surface area contributed by atoms with Gasteiger partial charge in [-0.15, -0.1) is 0 Å². The number of nitrogens with one attached hydrogen (secondary N) is 1. The van der Waals surface area contributed by atoms with Crippen LogP contribution in [0.5, 0.6) is 0 Å². The molecule has 0 heterocycles. The standard InChI is InChI=1S/C22H25BrClNO4S/c23-11-1-2-15-12-16(3-10-22(26)27)21-9-6-19(14-17(21)13-15)25-30(28,29)20-7-4-18(24)5-8-20/h4-5,7-8,12-13,19,25H,1-3,6,9-11,14H2,(H,26,27). The summed E-state index contributed by atoms with van der Waals surface area (Å²) in [6.45, 7) is 0. The smallest absolute Gasteiger partial charge is 0.303 e. The molecule has 0 saturated carbocycles. The lowest BCUT2D eigenvalue weighted by Crippen LogP contribution is -2.39. The zero-order valence-electron chi connectivity index (χ0n) is 16.5. The SMILES string of the molecule is O=C(O)CCc1cc(CCCBr)cc2c1CCC(NS(=O)(=O)c1ccc(Cl)cc1)C2. The van der Waals surface area contributed by atoms with Crippen molar-refractivity contribution in [2.45, 2.75) is 55.9 Å². The molecule has 0 aromatic heterocycles. The highest BCUT2D eigenvalue weighted by Gasteiger charge is 2.26. The molecular weight excluding hydrogens is 490 g/mol. The third kappa shape index (κ3) is 6.06. The molecule has 2 N–H and O–H groups in total. The first-order chi connectivity index (χ1) is 14.3. The van der Waals surface area contributed by atoms with Crippen LogP contribution in [0.15, 0.2) is 41.3 Å². The average Bonchev–Trinajstić information content (AvgIpc) is 2.70. The second-order valence-electron chi connectivity index (χ2n) is 7.59. The summed E-state index contributed by atoms with van der Waals surface area (Å²) in [6.07, 6.45) is 4.51. The van der Waals surface area contributed by atoms with Gasteiger partial charge in [-0.3, -0.25) is 4.79 Å². The summed E-state index contributed by atoms with van der Waals surface area (Å²) >= 11 is 9.32. The van der Waals surface area contributed by atoms with Gasteiger partial charge in [-0.1, -0.05) is 39.7 Å². The lowest BCUT2D eigenvalue weighted by atomic mass is 9.83. The van der Waals surface area contributed by atoms with Crippen molar-refractivity contribution in [2.75, 3.05) is 5.33 Å². The number of sulfonamides is 1. The molecule has 1 unspecified atom stereocenters. The Bertz CT molecular complexity index is 1010. The quantitative estimate of drug-likeness (QED) is 0.482. The van der Waals surface area contributed by atoms with Gasteiger partial charge in [-0.25, -0.2) is 13.1 Å². The Morgan fingerprint density at radius 1 is 1.20 bits per heavy atom. The van der Waals surface area contributed by atoms with Crippen LogP contribution in [0.25, 0.3) is 0 Å². The minimum atomic E-state index is -3.63. The Labute approximate surface area is 191 Å². The van der Waals surface area contributed by atoms with Crippen molar-refractivity contribution in [1.29, 1.82) is 0 Å². The number of rotatable bonds is 9. The van der Waals surface area contributed by atoms with Gasteiger partial charge in [0.25, 0.3) is 0 Å². The summed E-state index contributed by atoms with van der Waals surface area (Å²) in [5, 5.41) is 10.5. The third-order valence-corrected chi connectivity index (χ3v) is 7.71. The molecular formula is C22H25BrClNO4S. The zero-order chi connectivity index (χ0) is 21.7. The average molecular weight is 515 g/mol. The molecule has 2 aromatic rings. The van der Waals surface area contributed by atoms with Crippen LogP contribution >= 0.6 is 27.5 Å². The van der Waals surface area contributed by atoms with Crippen LogP contribution in [0.4, 0.5) is 0 Å². The number of carbonyl (C=O) groups is 1. The van der Waals surface area contributed by atoms with E-state index in [-0.39, 0.29) is 17.4 Å². The number of halogens is 2. The minimum Gasteiger partial charge on any atom is -0.481 e. The lowest BCUT2D eigenvalue weighted by molar-refractivity contribution is -0.136. The van der Waals surface area contributed by atoms with E-state index in [0.29, 0.717) is 24.3 Å². The largest absolute Gasteiger partial charge is 0.481 e. The van der Waals surface area contributed by atoms with E-state index in [2.05, 4.69) is 32.8 Å². The van der Waals surface area contributed by atoms with Gasteiger partial charge >= 0.3 is 5.97 Å². The fourth-order valence-electron chi connectivity index (χ4n) is 3.94.